The molecule has 0 amide bonds. The Morgan fingerprint density at radius 2 is 2.08 bits per heavy atom. The van der Waals surface area contributed by atoms with Gasteiger partial charge in [0.1, 0.15) is 0 Å². The van der Waals surface area contributed by atoms with Crippen LogP contribution >= 0.6 is 12.6 Å². The van der Waals surface area contributed by atoms with Gasteiger partial charge in [0.05, 0.1) is 0 Å². The Hall–Kier alpha value is -0.130. The monoisotopic (exact) mass is 184 g/mol. The first-order valence-corrected chi connectivity index (χ1v) is 5.22. The lowest BCUT2D eigenvalue weighted by Crippen LogP contribution is -2.14. The second-order valence-electron chi connectivity index (χ2n) is 3.76. The lowest BCUT2D eigenvalue weighted by atomic mass is 9.79. The molecule has 1 heteroatoms. The Morgan fingerprint density at radius 3 is 2.42 bits per heavy atom. The van der Waals surface area contributed by atoms with E-state index in [1.165, 1.54) is 18.4 Å². The summed E-state index contributed by atoms with van der Waals surface area (Å²) in [6.45, 7) is 10.5. The summed E-state index contributed by atoms with van der Waals surface area (Å²) in [4.78, 5) is 0. The van der Waals surface area contributed by atoms with Crippen LogP contribution in [0.5, 0.6) is 0 Å². The predicted molar refractivity (Wildman–Crippen MR) is 59.8 cm³/mol. The smallest absolute Gasteiger partial charge is 0.00543 e. The second kappa shape index (κ2) is 5.50. The summed E-state index contributed by atoms with van der Waals surface area (Å²) in [5, 5.41) is 0. The van der Waals surface area contributed by atoms with E-state index in [1.54, 1.807) is 0 Å². The quantitative estimate of drug-likeness (QED) is 0.487. The summed E-state index contributed by atoms with van der Waals surface area (Å²) in [6.07, 6.45) is 3.43. The fourth-order valence-corrected chi connectivity index (χ4v) is 1.78. The molecule has 0 aliphatic heterocycles. The first-order chi connectivity index (χ1) is 5.58. The van der Waals surface area contributed by atoms with Crippen LogP contribution in [0, 0.1) is 5.41 Å². The number of hydrogen-bond acceptors (Lipinski definition) is 1. The molecule has 0 rings (SSSR count). The van der Waals surface area contributed by atoms with Gasteiger partial charge in [0.25, 0.3) is 0 Å². The molecule has 0 saturated carbocycles. The molecule has 0 nitrogen and oxygen atoms in total. The van der Waals surface area contributed by atoms with Crippen molar-refractivity contribution in [3.63, 3.8) is 0 Å². The highest BCUT2D eigenvalue weighted by atomic mass is 32.1. The van der Waals surface area contributed by atoms with Gasteiger partial charge in [-0.2, -0.15) is 12.6 Å². The first-order valence-electron chi connectivity index (χ1n) is 4.58. The van der Waals surface area contributed by atoms with Gasteiger partial charge >= 0.3 is 0 Å². The van der Waals surface area contributed by atoms with E-state index in [4.69, 9.17) is 0 Å². The van der Waals surface area contributed by atoms with Gasteiger partial charge in [-0.15, -0.1) is 5.73 Å². The zero-order valence-electron chi connectivity index (χ0n) is 8.48. The van der Waals surface area contributed by atoms with Crippen LogP contribution < -0.4 is 0 Å². The van der Waals surface area contributed by atoms with E-state index in [2.05, 4.69) is 45.7 Å². The molecule has 0 aromatic rings. The summed E-state index contributed by atoms with van der Waals surface area (Å²) in [7, 11) is 0. The zero-order valence-corrected chi connectivity index (χ0v) is 9.38. The Bertz CT molecular complexity index is 173. The van der Waals surface area contributed by atoms with E-state index in [9.17, 15) is 0 Å². The van der Waals surface area contributed by atoms with Gasteiger partial charge in [0, 0.05) is 0 Å². The summed E-state index contributed by atoms with van der Waals surface area (Å²) < 4.78 is 0. The zero-order chi connectivity index (χ0) is 9.61. The molecular weight excluding hydrogens is 164 g/mol. The molecule has 0 unspecified atom stereocenters. The van der Waals surface area contributed by atoms with Gasteiger partial charge in [-0.05, 0) is 29.6 Å². The van der Waals surface area contributed by atoms with Crippen molar-refractivity contribution in [1.29, 1.82) is 0 Å². The number of thiol groups is 1. The molecule has 0 radical (unpaired) electrons. The van der Waals surface area contributed by atoms with Crippen LogP contribution in [-0.4, -0.2) is 5.75 Å². The van der Waals surface area contributed by atoms with Crippen molar-refractivity contribution in [2.24, 2.45) is 5.41 Å². The van der Waals surface area contributed by atoms with Gasteiger partial charge in [0.15, 0.2) is 0 Å². The molecule has 0 saturated heterocycles. The Balaban J connectivity index is 4.38. The van der Waals surface area contributed by atoms with Crippen molar-refractivity contribution in [3.8, 4) is 0 Å². The maximum absolute atomic E-state index is 4.23. The minimum absolute atomic E-state index is 0.263. The molecule has 70 valence electrons. The highest BCUT2D eigenvalue weighted by molar-refractivity contribution is 7.80. The van der Waals surface area contributed by atoms with E-state index in [1.807, 2.05) is 0 Å². The average Bonchev–Trinajstić information content (AvgIpc) is 1.99. The molecule has 12 heavy (non-hydrogen) atoms. The lowest BCUT2D eigenvalue weighted by Gasteiger charge is -2.25. The van der Waals surface area contributed by atoms with Crippen molar-refractivity contribution >= 4 is 12.6 Å². The third kappa shape index (κ3) is 3.51. The molecule has 0 aliphatic rings. The molecule has 0 aromatic carbocycles. The van der Waals surface area contributed by atoms with Gasteiger partial charge in [-0.1, -0.05) is 33.8 Å². The topological polar surface area (TPSA) is 0 Å². The molecule has 0 fully saturated rings. The molecule has 0 heterocycles. The van der Waals surface area contributed by atoms with Crippen LogP contribution in [-0.2, 0) is 0 Å². The SMILES string of the molecule is C=C=C(CCS)C(C)(C)CCC. The first kappa shape index (κ1) is 11.9. The normalized spacial score (nSPS) is 11.0. The standard InChI is InChI=1S/C11H20S/c1-5-8-11(3,4)10(6-2)7-9-12/h12H,2,5,7-9H2,1,3-4H3. The van der Waals surface area contributed by atoms with Gasteiger partial charge in [0.2, 0.25) is 0 Å². The largest absolute Gasteiger partial charge is 0.179 e. The number of rotatable bonds is 5. The average molecular weight is 184 g/mol. The summed E-state index contributed by atoms with van der Waals surface area (Å²) >= 11 is 4.23. The van der Waals surface area contributed by atoms with Gasteiger partial charge in [-0.25, -0.2) is 0 Å². The molecule has 0 aliphatic carbocycles. The highest BCUT2D eigenvalue weighted by Gasteiger charge is 2.20. The van der Waals surface area contributed by atoms with Crippen LogP contribution in [0.4, 0.5) is 0 Å². The fourth-order valence-electron chi connectivity index (χ4n) is 1.55. The third-order valence-electron chi connectivity index (χ3n) is 2.27. The molecule has 0 spiro atoms. The summed E-state index contributed by atoms with van der Waals surface area (Å²) in [5.41, 5.74) is 4.63. The van der Waals surface area contributed by atoms with Gasteiger partial charge < -0.3 is 0 Å². The third-order valence-corrected chi connectivity index (χ3v) is 2.49. The van der Waals surface area contributed by atoms with E-state index in [0.717, 1.165) is 12.2 Å². The van der Waals surface area contributed by atoms with E-state index in [0.29, 0.717) is 0 Å². The van der Waals surface area contributed by atoms with Crippen LogP contribution in [0.1, 0.15) is 40.0 Å². The van der Waals surface area contributed by atoms with E-state index in [-0.39, 0.29) is 5.41 Å². The maximum Gasteiger partial charge on any atom is -0.00543 e. The molecule has 0 N–H and O–H groups in total. The van der Waals surface area contributed by atoms with Crippen molar-refractivity contribution in [2.45, 2.75) is 40.0 Å². The Labute approximate surface area is 82.2 Å². The predicted octanol–water partition coefficient (Wildman–Crippen LogP) is 3.84. The molecular formula is C11H20S. The fraction of sp³-hybridized carbons (Fsp3) is 0.727. The number of allylic oxidation sites excluding steroid dienone is 1. The summed E-state index contributed by atoms with van der Waals surface area (Å²) in [5.74, 6) is 0.894. The van der Waals surface area contributed by atoms with Crippen LogP contribution in [0.25, 0.3) is 0 Å². The molecule has 0 atom stereocenters. The Kier molecular flexibility index (Phi) is 5.44. The van der Waals surface area contributed by atoms with E-state index < -0.39 is 0 Å². The number of hydrogen-bond donors (Lipinski definition) is 1. The Morgan fingerprint density at radius 1 is 1.50 bits per heavy atom. The van der Waals surface area contributed by atoms with Crippen molar-refractivity contribution in [1.82, 2.24) is 0 Å². The van der Waals surface area contributed by atoms with E-state index >= 15 is 0 Å². The van der Waals surface area contributed by atoms with Crippen LogP contribution in [0.3, 0.4) is 0 Å². The van der Waals surface area contributed by atoms with Crippen molar-refractivity contribution in [2.75, 3.05) is 5.75 Å². The molecule has 0 bridgehead atoms. The highest BCUT2D eigenvalue weighted by Crippen LogP contribution is 2.32. The van der Waals surface area contributed by atoms with Gasteiger partial charge in [-0.3, -0.25) is 0 Å². The van der Waals surface area contributed by atoms with Crippen LogP contribution in [0.2, 0.25) is 0 Å². The minimum atomic E-state index is 0.263. The minimum Gasteiger partial charge on any atom is -0.179 e. The maximum atomic E-state index is 4.23. The lowest BCUT2D eigenvalue weighted by molar-refractivity contribution is 0.394. The second-order valence-corrected chi connectivity index (χ2v) is 4.21. The van der Waals surface area contributed by atoms with Crippen molar-refractivity contribution < 1.29 is 0 Å². The summed E-state index contributed by atoms with van der Waals surface area (Å²) in [6, 6.07) is 0. The van der Waals surface area contributed by atoms with Crippen molar-refractivity contribution in [3.05, 3.63) is 17.9 Å². The van der Waals surface area contributed by atoms with Crippen LogP contribution in [0.15, 0.2) is 17.9 Å². The molecule has 0 aromatic heterocycles.